The van der Waals surface area contributed by atoms with Gasteiger partial charge in [0.2, 0.25) is 5.91 Å². The molecule has 0 aliphatic carbocycles. The average molecular weight is 394 g/mol. The second kappa shape index (κ2) is 8.89. The number of nitrogens with one attached hydrogen (secondary N) is 1. The van der Waals surface area contributed by atoms with Gasteiger partial charge in [-0.1, -0.05) is 49.0 Å². The second-order valence-electron chi connectivity index (χ2n) is 6.42. The van der Waals surface area contributed by atoms with Gasteiger partial charge in [-0.3, -0.25) is 14.2 Å². The highest BCUT2D eigenvalue weighted by molar-refractivity contribution is 8.00. The molecule has 3 rings (SSSR count). The van der Waals surface area contributed by atoms with Gasteiger partial charge in [0.25, 0.3) is 5.56 Å². The third-order valence-electron chi connectivity index (χ3n) is 4.42. The number of hydrogen-bond donors (Lipinski definition) is 1. The molecule has 1 aromatic heterocycles. The number of anilines is 1. The zero-order chi connectivity index (χ0) is 20.1. The van der Waals surface area contributed by atoms with Gasteiger partial charge in [-0.25, -0.2) is 4.98 Å². The van der Waals surface area contributed by atoms with Crippen LogP contribution in [0.15, 0.2) is 71.1 Å². The van der Waals surface area contributed by atoms with Crippen LogP contribution in [0.3, 0.4) is 0 Å². The van der Waals surface area contributed by atoms with E-state index in [2.05, 4.69) is 23.8 Å². The molecule has 0 spiro atoms. The first kappa shape index (κ1) is 19.9. The van der Waals surface area contributed by atoms with Gasteiger partial charge < -0.3 is 5.32 Å². The fourth-order valence-electron chi connectivity index (χ4n) is 2.81. The summed E-state index contributed by atoms with van der Waals surface area (Å²) >= 11 is 1.27. The quantitative estimate of drug-likeness (QED) is 0.370. The summed E-state index contributed by atoms with van der Waals surface area (Å²) in [6, 6.07) is 15.0. The monoisotopic (exact) mass is 393 g/mol. The van der Waals surface area contributed by atoms with Crippen LogP contribution in [-0.2, 0) is 17.8 Å². The van der Waals surface area contributed by atoms with E-state index < -0.39 is 5.25 Å². The first-order valence-corrected chi connectivity index (χ1v) is 10.1. The molecule has 0 radical (unpaired) electrons. The maximum atomic E-state index is 12.8. The molecule has 1 atom stereocenters. The van der Waals surface area contributed by atoms with Crippen molar-refractivity contribution in [2.75, 3.05) is 5.32 Å². The third-order valence-corrected chi connectivity index (χ3v) is 5.51. The summed E-state index contributed by atoms with van der Waals surface area (Å²) in [6.07, 6.45) is 2.61. The molecule has 0 unspecified atom stereocenters. The van der Waals surface area contributed by atoms with Crippen LogP contribution in [0.4, 0.5) is 5.69 Å². The first-order valence-electron chi connectivity index (χ1n) is 9.20. The van der Waals surface area contributed by atoms with E-state index in [0.717, 1.165) is 12.1 Å². The molecule has 1 N–H and O–H groups in total. The smallest absolute Gasteiger partial charge is 0.262 e. The number of nitrogens with zero attached hydrogens (tertiary/aromatic N) is 2. The van der Waals surface area contributed by atoms with Crippen LogP contribution < -0.4 is 10.9 Å². The minimum Gasteiger partial charge on any atom is -0.325 e. The summed E-state index contributed by atoms with van der Waals surface area (Å²) in [5.74, 6) is -0.137. The van der Waals surface area contributed by atoms with Gasteiger partial charge in [0, 0.05) is 12.2 Å². The van der Waals surface area contributed by atoms with E-state index >= 15 is 0 Å². The molecule has 2 aromatic carbocycles. The van der Waals surface area contributed by atoms with Crippen LogP contribution in [0.25, 0.3) is 10.9 Å². The van der Waals surface area contributed by atoms with Gasteiger partial charge in [-0.05, 0) is 43.2 Å². The van der Waals surface area contributed by atoms with E-state index in [1.807, 2.05) is 36.4 Å². The Hall–Kier alpha value is -2.86. The Bertz CT molecular complexity index is 1060. The number of carbonyl (C=O) groups excluding carboxylic acids is 1. The van der Waals surface area contributed by atoms with Crippen LogP contribution >= 0.6 is 11.8 Å². The molecular weight excluding hydrogens is 370 g/mol. The lowest BCUT2D eigenvalue weighted by Gasteiger charge is -2.15. The normalized spacial score (nSPS) is 11.9. The van der Waals surface area contributed by atoms with Crippen molar-refractivity contribution in [2.24, 2.45) is 0 Å². The molecular formula is C22H23N3O2S. The van der Waals surface area contributed by atoms with Crippen molar-refractivity contribution in [3.05, 3.63) is 77.1 Å². The molecule has 1 heterocycles. The van der Waals surface area contributed by atoms with Crippen LogP contribution in [0.5, 0.6) is 0 Å². The minimum atomic E-state index is -0.421. The standard InChI is InChI=1S/C22H23N3O2S/c1-4-14-25-21(27)18-8-6-7-9-19(18)24-22(25)28-15(3)20(26)23-17-12-10-16(5-2)11-13-17/h4,6-13,15H,1,5,14H2,2-3H3,(H,23,26)/t15-/m0/s1. The summed E-state index contributed by atoms with van der Waals surface area (Å²) in [5.41, 5.74) is 2.47. The summed E-state index contributed by atoms with van der Waals surface area (Å²) in [4.78, 5) is 30.0. The van der Waals surface area contributed by atoms with Crippen LogP contribution in [-0.4, -0.2) is 20.7 Å². The van der Waals surface area contributed by atoms with Crippen LogP contribution in [0.2, 0.25) is 0 Å². The highest BCUT2D eigenvalue weighted by Gasteiger charge is 2.19. The van der Waals surface area contributed by atoms with E-state index in [-0.39, 0.29) is 11.5 Å². The van der Waals surface area contributed by atoms with E-state index in [4.69, 9.17) is 0 Å². The average Bonchev–Trinajstić information content (AvgIpc) is 2.71. The fourth-order valence-corrected chi connectivity index (χ4v) is 3.72. The maximum absolute atomic E-state index is 12.8. The number of amides is 1. The molecule has 0 aliphatic heterocycles. The van der Waals surface area contributed by atoms with Crippen molar-refractivity contribution in [1.29, 1.82) is 0 Å². The van der Waals surface area contributed by atoms with Crippen LogP contribution in [0, 0.1) is 0 Å². The number of carbonyl (C=O) groups is 1. The zero-order valence-electron chi connectivity index (χ0n) is 16.0. The molecule has 0 bridgehead atoms. The van der Waals surface area contributed by atoms with Gasteiger partial charge >= 0.3 is 0 Å². The Morgan fingerprint density at radius 2 is 1.96 bits per heavy atom. The first-order chi connectivity index (χ1) is 13.5. The largest absolute Gasteiger partial charge is 0.325 e. The minimum absolute atomic E-state index is 0.129. The number of thioether (sulfide) groups is 1. The summed E-state index contributed by atoms with van der Waals surface area (Å²) in [7, 11) is 0. The number of para-hydroxylation sites is 1. The summed E-state index contributed by atoms with van der Waals surface area (Å²) in [6.45, 7) is 7.96. The lowest BCUT2D eigenvalue weighted by Crippen LogP contribution is -2.26. The number of allylic oxidation sites excluding steroid dienone is 1. The van der Waals surface area contributed by atoms with Gasteiger partial charge in [0.15, 0.2) is 5.16 Å². The van der Waals surface area contributed by atoms with Crippen molar-refractivity contribution in [3.8, 4) is 0 Å². The fraction of sp³-hybridized carbons (Fsp3) is 0.227. The Balaban J connectivity index is 1.83. The van der Waals surface area contributed by atoms with Crippen molar-refractivity contribution >= 4 is 34.3 Å². The number of aryl methyl sites for hydroxylation is 1. The molecule has 28 heavy (non-hydrogen) atoms. The lowest BCUT2D eigenvalue weighted by molar-refractivity contribution is -0.115. The van der Waals surface area contributed by atoms with Crippen molar-refractivity contribution < 1.29 is 4.79 Å². The van der Waals surface area contributed by atoms with E-state index in [1.165, 1.54) is 17.3 Å². The molecule has 3 aromatic rings. The molecule has 0 fully saturated rings. The van der Waals surface area contributed by atoms with Crippen molar-refractivity contribution in [1.82, 2.24) is 9.55 Å². The third kappa shape index (κ3) is 4.34. The number of benzene rings is 2. The Morgan fingerprint density at radius 1 is 1.25 bits per heavy atom. The topological polar surface area (TPSA) is 64.0 Å². The SMILES string of the molecule is C=CCn1c(S[C@@H](C)C(=O)Nc2ccc(CC)cc2)nc2ccccc2c1=O. The van der Waals surface area contributed by atoms with Crippen molar-refractivity contribution in [2.45, 2.75) is 37.2 Å². The lowest BCUT2D eigenvalue weighted by atomic mass is 10.1. The van der Waals surface area contributed by atoms with Gasteiger partial charge in [-0.2, -0.15) is 0 Å². The molecule has 5 nitrogen and oxygen atoms in total. The molecule has 144 valence electrons. The molecule has 1 amide bonds. The van der Waals surface area contributed by atoms with E-state index in [9.17, 15) is 9.59 Å². The summed E-state index contributed by atoms with van der Waals surface area (Å²) < 4.78 is 1.56. The van der Waals surface area contributed by atoms with Gasteiger partial charge in [0.1, 0.15) is 0 Å². The predicted molar refractivity (Wildman–Crippen MR) is 116 cm³/mol. The Morgan fingerprint density at radius 3 is 2.64 bits per heavy atom. The van der Waals surface area contributed by atoms with E-state index in [0.29, 0.717) is 22.6 Å². The van der Waals surface area contributed by atoms with E-state index in [1.54, 1.807) is 29.7 Å². The zero-order valence-corrected chi connectivity index (χ0v) is 16.8. The highest BCUT2D eigenvalue weighted by Crippen LogP contribution is 2.24. The molecule has 6 heteroatoms. The van der Waals surface area contributed by atoms with Gasteiger partial charge in [-0.15, -0.1) is 6.58 Å². The second-order valence-corrected chi connectivity index (χ2v) is 7.72. The summed E-state index contributed by atoms with van der Waals surface area (Å²) in [5, 5.41) is 3.56. The Labute approximate surface area is 168 Å². The predicted octanol–water partition coefficient (Wildman–Crippen LogP) is 4.26. The number of rotatable bonds is 7. The molecule has 0 aliphatic rings. The maximum Gasteiger partial charge on any atom is 0.262 e. The number of fused-ring (bicyclic) bond motifs is 1. The van der Waals surface area contributed by atoms with Crippen molar-refractivity contribution in [3.63, 3.8) is 0 Å². The molecule has 0 saturated heterocycles. The van der Waals surface area contributed by atoms with Crippen LogP contribution in [0.1, 0.15) is 19.4 Å². The Kier molecular flexibility index (Phi) is 6.31. The number of hydrogen-bond acceptors (Lipinski definition) is 4. The highest BCUT2D eigenvalue weighted by atomic mass is 32.2. The van der Waals surface area contributed by atoms with Gasteiger partial charge in [0.05, 0.1) is 16.2 Å². The number of aromatic nitrogens is 2. The molecule has 0 saturated carbocycles.